The molecule has 0 aromatic heterocycles. The number of rotatable bonds is 5. The molecule has 1 unspecified atom stereocenters. The Morgan fingerprint density at radius 3 is 2.67 bits per heavy atom. The van der Waals surface area contributed by atoms with Crippen LogP contribution in [0.3, 0.4) is 0 Å². The van der Waals surface area contributed by atoms with E-state index >= 15 is 0 Å². The molecule has 1 saturated heterocycles. The lowest BCUT2D eigenvalue weighted by molar-refractivity contribution is 0.242. The van der Waals surface area contributed by atoms with E-state index in [2.05, 4.69) is 47.9 Å². The van der Waals surface area contributed by atoms with Crippen molar-refractivity contribution in [3.8, 4) is 0 Å². The van der Waals surface area contributed by atoms with E-state index in [-0.39, 0.29) is 0 Å². The highest BCUT2D eigenvalue weighted by Gasteiger charge is 2.22. The van der Waals surface area contributed by atoms with Crippen molar-refractivity contribution >= 4 is 0 Å². The molecule has 1 aromatic rings. The summed E-state index contributed by atoms with van der Waals surface area (Å²) in [5.41, 5.74) is 1.37. The van der Waals surface area contributed by atoms with E-state index < -0.39 is 0 Å². The standard InChI is InChI=1S/C13H20N2/c1-11(13-9-15-10-13)7-14-8-12-5-3-2-4-6-12/h2-6,11,13-15H,7-10H2,1H3. The van der Waals surface area contributed by atoms with E-state index in [1.54, 1.807) is 0 Å². The highest BCUT2D eigenvalue weighted by atomic mass is 15.0. The average molecular weight is 204 g/mol. The minimum atomic E-state index is 0.787. The highest BCUT2D eigenvalue weighted by molar-refractivity contribution is 5.14. The van der Waals surface area contributed by atoms with Crippen LogP contribution in [0, 0.1) is 11.8 Å². The van der Waals surface area contributed by atoms with Crippen molar-refractivity contribution < 1.29 is 0 Å². The van der Waals surface area contributed by atoms with Gasteiger partial charge in [0, 0.05) is 6.54 Å². The van der Waals surface area contributed by atoms with Gasteiger partial charge in [-0.1, -0.05) is 37.3 Å². The van der Waals surface area contributed by atoms with Crippen molar-refractivity contribution in [2.75, 3.05) is 19.6 Å². The Morgan fingerprint density at radius 2 is 2.07 bits per heavy atom. The van der Waals surface area contributed by atoms with Crippen LogP contribution in [-0.2, 0) is 6.54 Å². The first-order valence-corrected chi connectivity index (χ1v) is 5.81. The summed E-state index contributed by atoms with van der Waals surface area (Å²) in [5, 5.41) is 6.85. The quantitative estimate of drug-likeness (QED) is 0.762. The van der Waals surface area contributed by atoms with Crippen molar-refractivity contribution in [1.29, 1.82) is 0 Å². The first-order chi connectivity index (χ1) is 7.36. The fourth-order valence-electron chi connectivity index (χ4n) is 1.92. The van der Waals surface area contributed by atoms with E-state index in [4.69, 9.17) is 0 Å². The second-order valence-corrected chi connectivity index (χ2v) is 4.51. The van der Waals surface area contributed by atoms with E-state index in [0.717, 1.165) is 24.9 Å². The predicted octanol–water partition coefficient (Wildman–Crippen LogP) is 1.63. The summed E-state index contributed by atoms with van der Waals surface area (Å²) >= 11 is 0. The maximum Gasteiger partial charge on any atom is 0.0205 e. The van der Waals surface area contributed by atoms with Gasteiger partial charge in [0.25, 0.3) is 0 Å². The zero-order valence-corrected chi connectivity index (χ0v) is 9.37. The molecule has 0 bridgehead atoms. The topological polar surface area (TPSA) is 24.1 Å². The lowest BCUT2D eigenvalue weighted by Gasteiger charge is -2.32. The minimum Gasteiger partial charge on any atom is -0.316 e. The second-order valence-electron chi connectivity index (χ2n) is 4.51. The first-order valence-electron chi connectivity index (χ1n) is 5.81. The zero-order chi connectivity index (χ0) is 10.5. The van der Waals surface area contributed by atoms with Gasteiger partial charge in [-0.05, 0) is 37.0 Å². The van der Waals surface area contributed by atoms with Gasteiger partial charge >= 0.3 is 0 Å². The van der Waals surface area contributed by atoms with Gasteiger partial charge in [-0.25, -0.2) is 0 Å². The molecule has 82 valence electrons. The molecule has 1 atom stereocenters. The molecule has 15 heavy (non-hydrogen) atoms. The van der Waals surface area contributed by atoms with Crippen LogP contribution in [-0.4, -0.2) is 19.6 Å². The fourth-order valence-corrected chi connectivity index (χ4v) is 1.92. The third kappa shape index (κ3) is 3.05. The van der Waals surface area contributed by atoms with Crippen molar-refractivity contribution in [3.63, 3.8) is 0 Å². The number of hydrogen-bond donors (Lipinski definition) is 2. The summed E-state index contributed by atoms with van der Waals surface area (Å²) in [4.78, 5) is 0. The summed E-state index contributed by atoms with van der Waals surface area (Å²) in [5.74, 6) is 1.67. The minimum absolute atomic E-state index is 0.787. The molecular weight excluding hydrogens is 184 g/mol. The normalized spacial score (nSPS) is 18.5. The summed E-state index contributed by atoms with van der Waals surface area (Å²) in [6.45, 7) is 6.86. The Morgan fingerprint density at radius 1 is 1.33 bits per heavy atom. The smallest absolute Gasteiger partial charge is 0.0205 e. The van der Waals surface area contributed by atoms with Crippen molar-refractivity contribution in [3.05, 3.63) is 35.9 Å². The Hall–Kier alpha value is -0.860. The SMILES string of the molecule is CC(CNCc1ccccc1)C1CNC1. The van der Waals surface area contributed by atoms with E-state index in [9.17, 15) is 0 Å². The van der Waals surface area contributed by atoms with Crippen LogP contribution in [0.25, 0.3) is 0 Å². The molecule has 2 heteroatoms. The summed E-state index contributed by atoms with van der Waals surface area (Å²) < 4.78 is 0. The van der Waals surface area contributed by atoms with E-state index in [0.29, 0.717) is 0 Å². The third-order valence-electron chi connectivity index (χ3n) is 3.26. The molecule has 2 rings (SSSR count). The largest absolute Gasteiger partial charge is 0.316 e. The summed E-state index contributed by atoms with van der Waals surface area (Å²) in [7, 11) is 0. The molecule has 0 spiro atoms. The van der Waals surface area contributed by atoms with Crippen molar-refractivity contribution in [1.82, 2.24) is 10.6 Å². The van der Waals surface area contributed by atoms with Crippen molar-refractivity contribution in [2.24, 2.45) is 11.8 Å². The number of benzene rings is 1. The van der Waals surface area contributed by atoms with Gasteiger partial charge in [0.05, 0.1) is 0 Å². The molecule has 2 nitrogen and oxygen atoms in total. The maximum atomic E-state index is 3.52. The van der Waals surface area contributed by atoms with Crippen LogP contribution in [0.1, 0.15) is 12.5 Å². The lowest BCUT2D eigenvalue weighted by atomic mass is 9.89. The van der Waals surface area contributed by atoms with Crippen LogP contribution in [0.4, 0.5) is 0 Å². The van der Waals surface area contributed by atoms with Crippen LogP contribution < -0.4 is 10.6 Å². The van der Waals surface area contributed by atoms with Gasteiger partial charge in [0.1, 0.15) is 0 Å². The van der Waals surface area contributed by atoms with Gasteiger partial charge in [-0.2, -0.15) is 0 Å². The second kappa shape index (κ2) is 5.29. The van der Waals surface area contributed by atoms with Gasteiger partial charge in [0.15, 0.2) is 0 Å². The summed E-state index contributed by atoms with van der Waals surface area (Å²) in [6.07, 6.45) is 0. The van der Waals surface area contributed by atoms with Crippen LogP contribution in [0.2, 0.25) is 0 Å². The summed E-state index contributed by atoms with van der Waals surface area (Å²) in [6, 6.07) is 10.6. The number of nitrogens with one attached hydrogen (secondary N) is 2. The third-order valence-corrected chi connectivity index (χ3v) is 3.26. The Labute approximate surface area is 92.1 Å². The highest BCUT2D eigenvalue weighted by Crippen LogP contribution is 2.14. The molecule has 0 radical (unpaired) electrons. The molecule has 1 aliphatic rings. The first kappa shape index (κ1) is 10.7. The van der Waals surface area contributed by atoms with Crippen LogP contribution in [0.15, 0.2) is 30.3 Å². The van der Waals surface area contributed by atoms with E-state index in [1.165, 1.54) is 18.7 Å². The van der Waals surface area contributed by atoms with Crippen LogP contribution >= 0.6 is 0 Å². The monoisotopic (exact) mass is 204 g/mol. The average Bonchev–Trinajstić information content (AvgIpc) is 2.16. The molecule has 1 aromatic carbocycles. The molecule has 0 aliphatic carbocycles. The van der Waals surface area contributed by atoms with Crippen LogP contribution in [0.5, 0.6) is 0 Å². The Bertz CT molecular complexity index is 280. The molecule has 2 N–H and O–H groups in total. The molecule has 1 heterocycles. The molecular formula is C13H20N2. The Kier molecular flexibility index (Phi) is 3.75. The van der Waals surface area contributed by atoms with Gasteiger partial charge in [-0.15, -0.1) is 0 Å². The maximum absolute atomic E-state index is 3.52. The molecule has 1 fully saturated rings. The molecule has 1 aliphatic heterocycles. The van der Waals surface area contributed by atoms with Gasteiger partial charge < -0.3 is 10.6 Å². The van der Waals surface area contributed by atoms with Gasteiger partial charge in [0.2, 0.25) is 0 Å². The van der Waals surface area contributed by atoms with Crippen molar-refractivity contribution in [2.45, 2.75) is 13.5 Å². The van der Waals surface area contributed by atoms with E-state index in [1.807, 2.05) is 0 Å². The Balaban J connectivity index is 1.66. The van der Waals surface area contributed by atoms with Gasteiger partial charge in [-0.3, -0.25) is 0 Å². The fraction of sp³-hybridized carbons (Fsp3) is 0.538. The molecule has 0 saturated carbocycles. The zero-order valence-electron chi connectivity index (χ0n) is 9.37. The molecule has 0 amide bonds. The number of hydrogen-bond acceptors (Lipinski definition) is 2. The lowest BCUT2D eigenvalue weighted by Crippen LogP contribution is -2.47. The predicted molar refractivity (Wildman–Crippen MR) is 63.7 cm³/mol.